The summed E-state index contributed by atoms with van der Waals surface area (Å²) in [5.74, 6) is -1.48. The van der Waals surface area contributed by atoms with E-state index in [4.69, 9.17) is 28.8 Å². The summed E-state index contributed by atoms with van der Waals surface area (Å²) in [4.78, 5) is 32.0. The van der Waals surface area contributed by atoms with Gasteiger partial charge in [0.15, 0.2) is 31.5 Å². The van der Waals surface area contributed by atoms with E-state index in [9.17, 15) is 14.9 Å². The number of methoxy groups -OCH3 is 1. The summed E-state index contributed by atoms with van der Waals surface area (Å²) in [5, 5.41) is 22.8. The molecule has 0 radical (unpaired) electrons. The Hall–Kier alpha value is -8.06. The number of hydrogen-bond acceptors (Lipinski definition) is 10. The predicted octanol–water partition coefficient (Wildman–Crippen LogP) is 11.0. The van der Waals surface area contributed by atoms with E-state index in [1.807, 2.05) is 121 Å². The van der Waals surface area contributed by atoms with E-state index < -0.39 is 37.4 Å². The first-order chi connectivity index (χ1) is 34.2. The number of benzene rings is 6. The molecular formula is C56H56FN7O6Si. The third-order valence-corrected chi connectivity index (χ3v) is 17.4. The number of halogens is 1. The number of nitriles is 1. The fourth-order valence-electron chi connectivity index (χ4n) is 8.10. The van der Waals surface area contributed by atoms with E-state index in [0.29, 0.717) is 24.3 Å². The number of H-pyrrole nitrogens is 1. The van der Waals surface area contributed by atoms with Crippen molar-refractivity contribution >= 4 is 20.0 Å². The molecule has 6 aromatic carbocycles. The van der Waals surface area contributed by atoms with Crippen LogP contribution in [0.1, 0.15) is 82.8 Å². The van der Waals surface area contributed by atoms with E-state index in [1.165, 1.54) is 19.2 Å². The molecule has 2 aromatic heterocycles. The average molecular weight is 970 g/mol. The van der Waals surface area contributed by atoms with Gasteiger partial charge < -0.3 is 24.0 Å². The van der Waals surface area contributed by atoms with Gasteiger partial charge in [-0.05, 0) is 70.7 Å². The molecule has 71 heavy (non-hydrogen) atoms. The summed E-state index contributed by atoms with van der Waals surface area (Å²) < 4.78 is 43.8. The van der Waals surface area contributed by atoms with E-state index in [-0.39, 0.29) is 52.5 Å². The summed E-state index contributed by atoms with van der Waals surface area (Å²) in [6.07, 6.45) is 2.08. The maximum absolute atomic E-state index is 17.2. The maximum atomic E-state index is 17.2. The van der Waals surface area contributed by atoms with Crippen molar-refractivity contribution in [1.29, 1.82) is 5.26 Å². The van der Waals surface area contributed by atoms with Gasteiger partial charge in [-0.15, -0.1) is 5.10 Å². The van der Waals surface area contributed by atoms with Crippen molar-refractivity contribution in [2.24, 2.45) is 0 Å². The highest BCUT2D eigenvalue weighted by Crippen LogP contribution is 2.42. The van der Waals surface area contributed by atoms with Crippen LogP contribution in [0.25, 0.3) is 5.82 Å². The van der Waals surface area contributed by atoms with Gasteiger partial charge in [0.05, 0.1) is 25.3 Å². The molecule has 0 fully saturated rings. The lowest BCUT2D eigenvalue weighted by molar-refractivity contribution is 0.0472. The molecule has 0 aliphatic heterocycles. The van der Waals surface area contributed by atoms with Crippen LogP contribution in [0.3, 0.4) is 0 Å². The molecule has 362 valence electrons. The van der Waals surface area contributed by atoms with Crippen molar-refractivity contribution in [1.82, 2.24) is 24.5 Å². The molecule has 13 nitrogen and oxygen atoms in total. The summed E-state index contributed by atoms with van der Waals surface area (Å²) in [7, 11) is -0.560. The van der Waals surface area contributed by atoms with Crippen LogP contribution in [0.15, 0.2) is 169 Å². The minimum Gasteiger partial charge on any atom is -0.497 e. The van der Waals surface area contributed by atoms with Crippen LogP contribution in [-0.2, 0) is 21.3 Å². The zero-order chi connectivity index (χ0) is 50.2. The Bertz CT molecular complexity index is 3070. The van der Waals surface area contributed by atoms with Gasteiger partial charge in [0, 0.05) is 36.5 Å². The largest absolute Gasteiger partial charge is 0.497 e. The van der Waals surface area contributed by atoms with E-state index >= 15 is 4.39 Å². The topological polar surface area (TPSA) is 158 Å². The Balaban J connectivity index is 1.27. The van der Waals surface area contributed by atoms with Crippen molar-refractivity contribution in [3.63, 3.8) is 0 Å². The number of carbonyl (C=O) groups excluding carboxylic acids is 1. The highest BCUT2D eigenvalue weighted by Gasteiger charge is 2.42. The normalized spacial score (nSPS) is 12.2. The fourth-order valence-corrected chi connectivity index (χ4v) is 9.19. The van der Waals surface area contributed by atoms with Crippen LogP contribution in [0, 0.1) is 17.1 Å². The first-order valence-electron chi connectivity index (χ1n) is 23.3. The fraction of sp³-hybridized carbons (Fsp3) is 0.232. The lowest BCUT2D eigenvalue weighted by atomic mass is 9.77. The molecule has 0 spiro atoms. The van der Waals surface area contributed by atoms with Crippen molar-refractivity contribution in [3.05, 3.63) is 225 Å². The van der Waals surface area contributed by atoms with Crippen LogP contribution in [0.5, 0.6) is 11.5 Å². The van der Waals surface area contributed by atoms with Gasteiger partial charge in [-0.1, -0.05) is 142 Å². The second-order valence-corrected chi connectivity index (χ2v) is 23.3. The monoisotopic (exact) mass is 969 g/mol. The zero-order valence-electron chi connectivity index (χ0n) is 40.6. The molecule has 0 saturated carbocycles. The summed E-state index contributed by atoms with van der Waals surface area (Å²) >= 11 is 0. The second kappa shape index (κ2) is 21.3. The number of aromatic nitrogens is 5. The molecule has 0 aliphatic rings. The molecule has 0 aliphatic carbocycles. The minimum absolute atomic E-state index is 0.0198. The molecule has 0 bridgehead atoms. The number of nitrogens with zero attached hydrogens (tertiary/aromatic N) is 5. The molecule has 15 heteroatoms. The van der Waals surface area contributed by atoms with Crippen LogP contribution in [-0.4, -0.2) is 59.2 Å². The molecule has 0 unspecified atom stereocenters. The lowest BCUT2D eigenvalue weighted by Crippen LogP contribution is -2.41. The van der Waals surface area contributed by atoms with Gasteiger partial charge in [0.1, 0.15) is 29.5 Å². The predicted molar refractivity (Wildman–Crippen MR) is 273 cm³/mol. The highest BCUT2D eigenvalue weighted by atomic mass is 28.4. The highest BCUT2D eigenvalue weighted by molar-refractivity contribution is 6.74. The average Bonchev–Trinajstić information content (AvgIpc) is 4.00. The Kier molecular flexibility index (Phi) is 14.8. The molecule has 2 N–H and O–H groups in total. The zero-order valence-corrected chi connectivity index (χ0v) is 41.6. The molecule has 8 aromatic rings. The summed E-state index contributed by atoms with van der Waals surface area (Å²) in [6, 6.07) is 48.9. The molecule has 2 heterocycles. The quantitative estimate of drug-likeness (QED) is 0.0346. The summed E-state index contributed by atoms with van der Waals surface area (Å²) in [6.45, 7) is 11.4. The molecule has 0 saturated heterocycles. The molecular weight excluding hydrogens is 914 g/mol. The third kappa shape index (κ3) is 10.6. The van der Waals surface area contributed by atoms with Gasteiger partial charge in [0.25, 0.3) is 0 Å². The Morgan fingerprint density at radius 1 is 0.817 bits per heavy atom. The first-order valence-corrected chi connectivity index (χ1v) is 26.2. The number of ether oxygens (including phenoxy) is 3. The van der Waals surface area contributed by atoms with Gasteiger partial charge in [0.2, 0.25) is 0 Å². The first kappa shape index (κ1) is 49.4. The van der Waals surface area contributed by atoms with Crippen LogP contribution < -0.4 is 20.5 Å². The Morgan fingerprint density at radius 3 is 1.94 bits per heavy atom. The number of esters is 1. The minimum atomic E-state index is -2.02. The standard InChI is InChI=1S/C56H56FN7O6Si/c1-55(2,3)71(5,6)70-33-19-32-68-48-35-45(67-4)34-46(49(48)57)50(59-44-30-28-39(36-58)29-31-44)51-60-54(66)64(61-51)52-47(53(65)69-38-40-20-11-7-12-21-40)37-63(62-52)56(41-22-13-8-14-23-41,42-24-15-9-16-25-42)43-26-17-10-18-27-43/h7-18,20-31,34-35,37,50,59H,19,32-33,38H2,1-6H3,(H,60,61,66)/t50-/m0/s1. The molecule has 8 rings (SSSR count). The van der Waals surface area contributed by atoms with Gasteiger partial charge in [-0.2, -0.15) is 15.0 Å². The number of nitrogens with one attached hydrogen (secondary N) is 2. The summed E-state index contributed by atoms with van der Waals surface area (Å²) in [5.41, 5.74) is 2.05. The lowest BCUT2D eigenvalue weighted by Gasteiger charge is -2.36. The van der Waals surface area contributed by atoms with E-state index in [0.717, 1.165) is 26.9 Å². The van der Waals surface area contributed by atoms with Gasteiger partial charge in [-0.25, -0.2) is 14.0 Å². The molecule has 1 atom stereocenters. The van der Waals surface area contributed by atoms with Crippen molar-refractivity contribution in [3.8, 4) is 23.4 Å². The third-order valence-electron chi connectivity index (χ3n) is 12.9. The smallest absolute Gasteiger partial charge is 0.349 e. The number of aromatic amines is 1. The van der Waals surface area contributed by atoms with Crippen LogP contribution in [0.2, 0.25) is 18.1 Å². The van der Waals surface area contributed by atoms with Crippen molar-refractivity contribution in [2.45, 2.75) is 63.5 Å². The van der Waals surface area contributed by atoms with Crippen molar-refractivity contribution < 1.29 is 27.8 Å². The van der Waals surface area contributed by atoms with Gasteiger partial charge >= 0.3 is 11.7 Å². The number of rotatable bonds is 19. The Morgan fingerprint density at radius 2 is 1.39 bits per heavy atom. The van der Waals surface area contributed by atoms with E-state index in [1.54, 1.807) is 35.1 Å². The van der Waals surface area contributed by atoms with Crippen LogP contribution in [0.4, 0.5) is 10.1 Å². The molecule has 0 amide bonds. The van der Waals surface area contributed by atoms with Crippen molar-refractivity contribution in [2.75, 3.05) is 25.6 Å². The van der Waals surface area contributed by atoms with Gasteiger partial charge in [-0.3, -0.25) is 9.67 Å². The SMILES string of the molecule is COc1cc(OCCCO[Si](C)(C)C(C)(C)C)c(F)c([C@H](Nc2ccc(C#N)cc2)c2nn(-c3nn(C(c4ccccc4)(c4ccccc4)c4ccccc4)cc3C(=O)OCc3ccccc3)c(=O)[nH]2)c1. The number of anilines is 1. The number of hydrogen-bond donors (Lipinski definition) is 2. The number of carbonyl (C=O) groups is 1. The second-order valence-electron chi connectivity index (χ2n) is 18.5. The van der Waals surface area contributed by atoms with E-state index in [2.05, 4.69) is 50.2 Å². The van der Waals surface area contributed by atoms with Crippen LogP contribution >= 0.6 is 0 Å². The maximum Gasteiger partial charge on any atom is 0.349 e. The Labute approximate surface area is 413 Å².